The molecule has 0 fully saturated rings. The number of hydrogen-bond donors (Lipinski definition) is 3. The van der Waals surface area contributed by atoms with Gasteiger partial charge < -0.3 is 21.1 Å². The molecule has 23 heavy (non-hydrogen) atoms. The van der Waals surface area contributed by atoms with Gasteiger partial charge in [-0.3, -0.25) is 4.79 Å². The van der Waals surface area contributed by atoms with Crippen molar-refractivity contribution in [2.24, 2.45) is 5.73 Å². The molecule has 124 valence electrons. The Labute approximate surface area is 133 Å². The Morgan fingerprint density at radius 2 is 2.13 bits per heavy atom. The van der Waals surface area contributed by atoms with E-state index in [1.54, 1.807) is 13.1 Å². The van der Waals surface area contributed by atoms with Crippen molar-refractivity contribution in [2.75, 3.05) is 20.2 Å². The fourth-order valence-corrected chi connectivity index (χ4v) is 2.19. The quantitative estimate of drug-likeness (QED) is 0.695. The molecule has 2 rings (SSSR count). The van der Waals surface area contributed by atoms with Crippen molar-refractivity contribution in [3.63, 3.8) is 0 Å². The molecule has 0 heterocycles. The fourth-order valence-electron chi connectivity index (χ4n) is 2.19. The van der Waals surface area contributed by atoms with Gasteiger partial charge in [0.05, 0.1) is 12.2 Å². The average Bonchev–Trinajstić information content (AvgIpc) is 2.53. The summed E-state index contributed by atoms with van der Waals surface area (Å²) >= 11 is 0. The molecule has 0 bridgehead atoms. The molecule has 1 aromatic rings. The van der Waals surface area contributed by atoms with Gasteiger partial charge in [0.2, 0.25) is 5.91 Å². The lowest BCUT2D eigenvalue weighted by molar-refractivity contribution is -0.117. The highest BCUT2D eigenvalue weighted by atomic mass is 19.1. The van der Waals surface area contributed by atoms with Gasteiger partial charge in [-0.25, -0.2) is 8.78 Å². The Kier molecular flexibility index (Phi) is 5.56. The summed E-state index contributed by atoms with van der Waals surface area (Å²) in [6.45, 7) is 0.291. The normalized spacial score (nSPS) is 14.3. The SMILES string of the molecule is CNC1=C(N)CCC(C(=O)NCCOc2ccc(F)cc2F)=C1. The van der Waals surface area contributed by atoms with Crippen LogP contribution in [0.2, 0.25) is 0 Å². The zero-order valence-corrected chi connectivity index (χ0v) is 12.8. The maximum Gasteiger partial charge on any atom is 0.247 e. The summed E-state index contributed by atoms with van der Waals surface area (Å²) in [4.78, 5) is 12.0. The first-order valence-corrected chi connectivity index (χ1v) is 7.24. The Balaban J connectivity index is 1.81. The van der Waals surface area contributed by atoms with Crippen molar-refractivity contribution in [3.05, 3.63) is 52.9 Å². The highest BCUT2D eigenvalue weighted by molar-refractivity contribution is 5.94. The molecule has 0 aliphatic heterocycles. The van der Waals surface area contributed by atoms with Crippen LogP contribution < -0.4 is 21.1 Å². The third kappa shape index (κ3) is 4.45. The van der Waals surface area contributed by atoms with E-state index >= 15 is 0 Å². The first-order chi connectivity index (χ1) is 11.0. The van der Waals surface area contributed by atoms with Crippen LogP contribution in [0.15, 0.2) is 41.2 Å². The molecule has 0 saturated carbocycles. The Bertz CT molecular complexity index is 657. The summed E-state index contributed by atoms with van der Waals surface area (Å²) in [7, 11) is 1.74. The number of likely N-dealkylation sites (N-methyl/N-ethyl adjacent to an activating group) is 1. The second-order valence-electron chi connectivity index (χ2n) is 5.04. The first-order valence-electron chi connectivity index (χ1n) is 7.24. The first kappa shape index (κ1) is 16.8. The Morgan fingerprint density at radius 3 is 2.83 bits per heavy atom. The lowest BCUT2D eigenvalue weighted by Crippen LogP contribution is -2.31. The number of ether oxygens (including phenoxy) is 1. The number of allylic oxidation sites excluding steroid dienone is 2. The number of nitrogens with one attached hydrogen (secondary N) is 2. The van der Waals surface area contributed by atoms with E-state index < -0.39 is 11.6 Å². The standard InChI is InChI=1S/C16H19F2N3O2/c1-20-14-8-10(2-4-13(14)19)16(22)21-6-7-23-15-5-3-11(17)9-12(15)18/h3,5,8-9,20H,2,4,6-7,19H2,1H3,(H,21,22). The molecule has 1 amide bonds. The van der Waals surface area contributed by atoms with Crippen molar-refractivity contribution in [2.45, 2.75) is 12.8 Å². The van der Waals surface area contributed by atoms with Gasteiger partial charge >= 0.3 is 0 Å². The number of amides is 1. The van der Waals surface area contributed by atoms with Gasteiger partial charge in [-0.2, -0.15) is 0 Å². The Morgan fingerprint density at radius 1 is 1.35 bits per heavy atom. The van der Waals surface area contributed by atoms with E-state index in [4.69, 9.17) is 10.5 Å². The van der Waals surface area contributed by atoms with Crippen LogP contribution >= 0.6 is 0 Å². The molecule has 0 radical (unpaired) electrons. The number of carbonyl (C=O) groups excluding carboxylic acids is 1. The Hall–Kier alpha value is -2.57. The second-order valence-corrected chi connectivity index (χ2v) is 5.04. The zero-order chi connectivity index (χ0) is 16.8. The van der Waals surface area contributed by atoms with Crippen LogP contribution in [-0.2, 0) is 4.79 Å². The molecule has 0 atom stereocenters. The number of carbonyl (C=O) groups is 1. The fraction of sp³-hybridized carbons (Fsp3) is 0.312. The minimum Gasteiger partial charge on any atom is -0.489 e. The summed E-state index contributed by atoms with van der Waals surface area (Å²) in [6, 6.07) is 3.07. The van der Waals surface area contributed by atoms with Gasteiger partial charge in [0, 0.05) is 24.4 Å². The molecule has 0 aromatic heterocycles. The number of halogens is 2. The smallest absolute Gasteiger partial charge is 0.247 e. The second kappa shape index (κ2) is 7.62. The lowest BCUT2D eigenvalue weighted by atomic mass is 10.00. The summed E-state index contributed by atoms with van der Waals surface area (Å²) in [5.41, 5.74) is 7.91. The van der Waals surface area contributed by atoms with Gasteiger partial charge in [-0.05, 0) is 31.1 Å². The van der Waals surface area contributed by atoms with Crippen LogP contribution in [0.1, 0.15) is 12.8 Å². The molecule has 0 unspecified atom stereocenters. The summed E-state index contributed by atoms with van der Waals surface area (Å²) in [5.74, 6) is -1.70. The van der Waals surface area contributed by atoms with E-state index in [2.05, 4.69) is 10.6 Å². The predicted octanol–water partition coefficient (Wildman–Crippen LogP) is 1.57. The average molecular weight is 323 g/mol. The minimum atomic E-state index is -0.773. The summed E-state index contributed by atoms with van der Waals surface area (Å²) in [5, 5.41) is 5.63. The van der Waals surface area contributed by atoms with Crippen molar-refractivity contribution in [1.82, 2.24) is 10.6 Å². The van der Waals surface area contributed by atoms with Crippen LogP contribution in [0.5, 0.6) is 5.75 Å². The van der Waals surface area contributed by atoms with Crippen LogP contribution in [-0.4, -0.2) is 26.1 Å². The van der Waals surface area contributed by atoms with Crippen LogP contribution in [0, 0.1) is 11.6 Å². The largest absolute Gasteiger partial charge is 0.489 e. The zero-order valence-electron chi connectivity index (χ0n) is 12.8. The van der Waals surface area contributed by atoms with E-state index in [1.807, 2.05) is 0 Å². The highest BCUT2D eigenvalue weighted by Crippen LogP contribution is 2.19. The highest BCUT2D eigenvalue weighted by Gasteiger charge is 2.16. The van der Waals surface area contributed by atoms with Crippen LogP contribution in [0.3, 0.4) is 0 Å². The van der Waals surface area contributed by atoms with Gasteiger partial charge in [-0.1, -0.05) is 0 Å². The van der Waals surface area contributed by atoms with Crippen molar-refractivity contribution in [1.29, 1.82) is 0 Å². The maximum atomic E-state index is 13.4. The molecule has 1 aliphatic rings. The molecule has 5 nitrogen and oxygen atoms in total. The van der Waals surface area contributed by atoms with E-state index in [0.717, 1.165) is 23.5 Å². The third-order valence-corrected chi connectivity index (χ3v) is 3.43. The van der Waals surface area contributed by atoms with Gasteiger partial charge in [0.1, 0.15) is 12.4 Å². The van der Waals surface area contributed by atoms with Gasteiger partial charge in [-0.15, -0.1) is 0 Å². The van der Waals surface area contributed by atoms with E-state index in [1.165, 1.54) is 6.07 Å². The molecule has 1 aromatic carbocycles. The minimum absolute atomic E-state index is 0.0503. The molecular weight excluding hydrogens is 304 g/mol. The topological polar surface area (TPSA) is 76.4 Å². The number of rotatable bonds is 6. The molecule has 0 spiro atoms. The monoisotopic (exact) mass is 323 g/mol. The van der Waals surface area contributed by atoms with E-state index in [-0.39, 0.29) is 24.8 Å². The number of benzene rings is 1. The van der Waals surface area contributed by atoms with Crippen molar-refractivity contribution < 1.29 is 18.3 Å². The third-order valence-electron chi connectivity index (χ3n) is 3.43. The molecule has 7 heteroatoms. The predicted molar refractivity (Wildman–Crippen MR) is 82.5 cm³/mol. The van der Waals surface area contributed by atoms with E-state index in [0.29, 0.717) is 18.4 Å². The van der Waals surface area contributed by atoms with Crippen LogP contribution in [0.4, 0.5) is 8.78 Å². The van der Waals surface area contributed by atoms with Crippen LogP contribution in [0.25, 0.3) is 0 Å². The maximum absolute atomic E-state index is 13.4. The molecule has 0 saturated heterocycles. The van der Waals surface area contributed by atoms with Crippen molar-refractivity contribution in [3.8, 4) is 5.75 Å². The summed E-state index contributed by atoms with van der Waals surface area (Å²) in [6.07, 6.45) is 2.90. The van der Waals surface area contributed by atoms with Crippen molar-refractivity contribution >= 4 is 5.91 Å². The van der Waals surface area contributed by atoms with Gasteiger partial charge in [0.15, 0.2) is 11.6 Å². The molecule has 4 N–H and O–H groups in total. The number of nitrogens with two attached hydrogens (primary N) is 1. The number of hydrogen-bond acceptors (Lipinski definition) is 4. The summed E-state index contributed by atoms with van der Waals surface area (Å²) < 4.78 is 31.3. The molecular formula is C16H19F2N3O2. The lowest BCUT2D eigenvalue weighted by Gasteiger charge is -2.17. The van der Waals surface area contributed by atoms with Gasteiger partial charge in [0.25, 0.3) is 0 Å². The molecule has 1 aliphatic carbocycles. The van der Waals surface area contributed by atoms with E-state index in [9.17, 15) is 13.6 Å².